The Kier molecular flexibility index (Phi) is 11.0. The predicted octanol–water partition coefficient (Wildman–Crippen LogP) is 6.09. The van der Waals surface area contributed by atoms with Gasteiger partial charge in [-0.2, -0.15) is 9.98 Å². The number of halogens is 3. The van der Waals surface area contributed by atoms with Crippen LogP contribution in [0.1, 0.15) is 31.4 Å². The maximum Gasteiger partial charge on any atom is 0.573 e. The first-order valence-electron chi connectivity index (χ1n) is 13.7. The van der Waals surface area contributed by atoms with Crippen molar-refractivity contribution in [2.75, 3.05) is 24.4 Å². The number of methoxy groups -OCH3 is 1. The lowest BCUT2D eigenvalue weighted by Crippen LogP contribution is -2.32. The van der Waals surface area contributed by atoms with Crippen LogP contribution in [0.4, 0.5) is 23.7 Å². The molecule has 0 aliphatic carbocycles. The summed E-state index contributed by atoms with van der Waals surface area (Å²) < 4.78 is 53.3. The Hall–Kier alpha value is -4.63. The van der Waals surface area contributed by atoms with Crippen LogP contribution in [0.3, 0.4) is 0 Å². The van der Waals surface area contributed by atoms with E-state index >= 15 is 0 Å². The summed E-state index contributed by atoms with van der Waals surface area (Å²) in [6.45, 7) is 6.06. The molecule has 1 aromatic heterocycles. The Morgan fingerprint density at radius 1 is 1.18 bits per heavy atom. The number of benzene rings is 2. The van der Waals surface area contributed by atoms with Crippen molar-refractivity contribution in [1.29, 1.82) is 0 Å². The highest BCUT2D eigenvalue weighted by molar-refractivity contribution is 8.15. The summed E-state index contributed by atoms with van der Waals surface area (Å²) in [5.41, 5.74) is 4.25. The van der Waals surface area contributed by atoms with Crippen molar-refractivity contribution >= 4 is 34.6 Å². The number of aliphatic imine (C=N–C) groups is 1. The van der Waals surface area contributed by atoms with Gasteiger partial charge in [0.05, 0.1) is 23.7 Å². The van der Waals surface area contributed by atoms with Crippen LogP contribution >= 0.6 is 11.8 Å². The van der Waals surface area contributed by atoms with Gasteiger partial charge in [0, 0.05) is 18.4 Å². The second-order valence-corrected chi connectivity index (χ2v) is 10.7. The van der Waals surface area contributed by atoms with E-state index in [1.165, 1.54) is 51.9 Å². The van der Waals surface area contributed by atoms with Crippen LogP contribution in [0.25, 0.3) is 5.69 Å². The number of carbonyl (C=O) groups is 2. The molecule has 0 radical (unpaired) electrons. The summed E-state index contributed by atoms with van der Waals surface area (Å²) in [5, 5.41) is 7.24. The normalized spacial score (nSPS) is 15.1. The molecule has 0 atom stereocenters. The van der Waals surface area contributed by atoms with E-state index in [2.05, 4.69) is 25.1 Å². The number of alkyl halides is 3. The summed E-state index contributed by atoms with van der Waals surface area (Å²) in [7, 11) is 1.57. The fraction of sp³-hybridized carbons (Fsp3) is 0.300. The molecule has 2 heterocycles. The number of amides is 3. The maximum atomic E-state index is 12.8. The number of hydrogen-bond donors (Lipinski definition) is 1. The SMILES string of the molecule is CC/C(=C\C=C(/C)COc1ncn(-c2ccc(OC(F)(F)F)cc2)n1)NC(=O)N=C1SCC(=O)N1c1cc(C)ccc1COC. The highest BCUT2D eigenvalue weighted by Gasteiger charge is 2.32. The summed E-state index contributed by atoms with van der Waals surface area (Å²) in [6.07, 6.45) is 0.603. The number of carbonyl (C=O) groups excluding carboxylic acids is 2. The van der Waals surface area contributed by atoms with Crippen LogP contribution in [0.5, 0.6) is 11.8 Å². The average molecular weight is 645 g/mol. The number of rotatable bonds is 11. The van der Waals surface area contributed by atoms with E-state index in [9.17, 15) is 22.8 Å². The van der Waals surface area contributed by atoms with Crippen molar-refractivity contribution in [2.45, 2.75) is 40.2 Å². The van der Waals surface area contributed by atoms with Crippen molar-refractivity contribution in [3.8, 4) is 17.4 Å². The zero-order valence-electron chi connectivity index (χ0n) is 24.9. The number of anilines is 1. The van der Waals surface area contributed by atoms with Gasteiger partial charge in [-0.05, 0) is 67.8 Å². The monoisotopic (exact) mass is 644 g/mol. The summed E-state index contributed by atoms with van der Waals surface area (Å²) in [5.74, 6) is -0.353. The Morgan fingerprint density at radius 2 is 1.93 bits per heavy atom. The fourth-order valence-electron chi connectivity index (χ4n) is 4.05. The number of nitrogens with zero attached hydrogens (tertiary/aromatic N) is 5. The molecule has 1 N–H and O–H groups in total. The highest BCUT2D eigenvalue weighted by Crippen LogP contribution is 2.31. The molecule has 3 amide bonds. The second-order valence-electron chi connectivity index (χ2n) is 9.77. The van der Waals surface area contributed by atoms with E-state index in [0.717, 1.165) is 16.7 Å². The molecular formula is C30H31F3N6O5S. The lowest BCUT2D eigenvalue weighted by molar-refractivity contribution is -0.274. The lowest BCUT2D eigenvalue weighted by atomic mass is 10.1. The van der Waals surface area contributed by atoms with Crippen molar-refractivity contribution in [3.63, 3.8) is 0 Å². The van der Waals surface area contributed by atoms with E-state index in [1.807, 2.05) is 39.0 Å². The van der Waals surface area contributed by atoms with E-state index < -0.39 is 12.4 Å². The molecular weight excluding hydrogens is 613 g/mol. The molecule has 15 heteroatoms. The molecule has 1 aliphatic rings. The lowest BCUT2D eigenvalue weighted by Gasteiger charge is -2.20. The van der Waals surface area contributed by atoms with Gasteiger partial charge in [0.2, 0.25) is 5.91 Å². The van der Waals surface area contributed by atoms with Gasteiger partial charge < -0.3 is 19.5 Å². The molecule has 0 spiro atoms. The fourth-order valence-corrected chi connectivity index (χ4v) is 4.91. The molecule has 0 saturated carbocycles. The number of thioether (sulfide) groups is 1. The first kappa shape index (κ1) is 33.3. The van der Waals surface area contributed by atoms with Crippen molar-refractivity contribution in [3.05, 3.63) is 83.3 Å². The minimum Gasteiger partial charge on any atom is -0.458 e. The van der Waals surface area contributed by atoms with Gasteiger partial charge in [-0.15, -0.1) is 18.3 Å². The van der Waals surface area contributed by atoms with Gasteiger partial charge in [-0.25, -0.2) is 9.48 Å². The van der Waals surface area contributed by atoms with Crippen LogP contribution < -0.4 is 19.7 Å². The molecule has 238 valence electrons. The van der Waals surface area contributed by atoms with Gasteiger partial charge in [0.1, 0.15) is 18.7 Å². The third-order valence-electron chi connectivity index (χ3n) is 6.20. The summed E-state index contributed by atoms with van der Waals surface area (Å²) in [4.78, 5) is 35.3. The number of aryl methyl sites for hydroxylation is 1. The molecule has 45 heavy (non-hydrogen) atoms. The van der Waals surface area contributed by atoms with E-state index in [4.69, 9.17) is 9.47 Å². The summed E-state index contributed by atoms with van der Waals surface area (Å²) >= 11 is 1.19. The van der Waals surface area contributed by atoms with Crippen molar-refractivity contribution in [1.82, 2.24) is 20.1 Å². The smallest absolute Gasteiger partial charge is 0.458 e. The molecule has 2 aromatic carbocycles. The largest absolute Gasteiger partial charge is 0.573 e. The van der Waals surface area contributed by atoms with Gasteiger partial charge in [0.15, 0.2) is 5.17 Å². The Balaban J connectivity index is 1.36. The minimum atomic E-state index is -4.77. The van der Waals surface area contributed by atoms with Gasteiger partial charge >= 0.3 is 18.4 Å². The highest BCUT2D eigenvalue weighted by atomic mass is 32.2. The molecule has 3 aromatic rings. The predicted molar refractivity (Wildman–Crippen MR) is 163 cm³/mol. The van der Waals surface area contributed by atoms with Crippen LogP contribution in [0.15, 0.2) is 77.2 Å². The topological polar surface area (TPSA) is 120 Å². The second kappa shape index (κ2) is 14.9. The first-order valence-corrected chi connectivity index (χ1v) is 14.6. The number of amidine groups is 1. The number of ether oxygens (including phenoxy) is 3. The van der Waals surface area contributed by atoms with E-state index in [0.29, 0.717) is 30.1 Å². The van der Waals surface area contributed by atoms with E-state index in [-0.39, 0.29) is 35.2 Å². The number of nitrogens with one attached hydrogen (secondary N) is 1. The molecule has 1 aliphatic heterocycles. The van der Waals surface area contributed by atoms with Gasteiger partial charge in [0.25, 0.3) is 0 Å². The van der Waals surface area contributed by atoms with Gasteiger partial charge in [-0.1, -0.05) is 36.9 Å². The maximum absolute atomic E-state index is 12.8. The summed E-state index contributed by atoms with van der Waals surface area (Å²) in [6, 6.07) is 10.3. The number of urea groups is 1. The number of allylic oxidation sites excluding steroid dienone is 3. The quantitative estimate of drug-likeness (QED) is 0.249. The van der Waals surface area contributed by atoms with Crippen LogP contribution in [-0.2, 0) is 16.1 Å². The zero-order valence-corrected chi connectivity index (χ0v) is 25.7. The molecule has 11 nitrogen and oxygen atoms in total. The van der Waals surface area contributed by atoms with Gasteiger partial charge in [-0.3, -0.25) is 9.69 Å². The third-order valence-corrected chi connectivity index (χ3v) is 7.12. The van der Waals surface area contributed by atoms with Crippen LogP contribution in [0.2, 0.25) is 0 Å². The molecule has 1 fully saturated rings. The minimum absolute atomic E-state index is 0.0672. The Labute approximate surface area is 261 Å². The molecule has 4 rings (SSSR count). The molecule has 0 unspecified atom stereocenters. The zero-order chi connectivity index (χ0) is 32.6. The Bertz CT molecular complexity index is 1620. The Morgan fingerprint density at radius 3 is 2.62 bits per heavy atom. The molecule has 0 bridgehead atoms. The van der Waals surface area contributed by atoms with E-state index in [1.54, 1.807) is 19.3 Å². The third kappa shape index (κ3) is 9.43. The number of aromatic nitrogens is 3. The number of hydrogen-bond acceptors (Lipinski definition) is 8. The first-order chi connectivity index (χ1) is 21.5. The van der Waals surface area contributed by atoms with Crippen molar-refractivity contribution in [2.24, 2.45) is 4.99 Å². The van der Waals surface area contributed by atoms with Crippen molar-refractivity contribution < 1.29 is 37.0 Å². The molecule has 1 saturated heterocycles. The standard InChI is InChI=1S/C30H31F3N6O5S/c1-5-22(35-27(41)36-29-39(26(40)17-45-29)25-14-19(2)6-8-21(25)16-42-4)9-7-20(3)15-43-28-34-18-38(37-28)23-10-12-24(13-11-23)44-30(31,32)33/h6-14,18H,5,15-17H2,1-4H3,(H,35,41)/b20-7+,22-9+,36-29?. The van der Waals surface area contributed by atoms with Crippen LogP contribution in [0, 0.1) is 6.92 Å². The average Bonchev–Trinajstić information content (AvgIpc) is 3.61. The van der Waals surface area contributed by atoms with Crippen LogP contribution in [-0.4, -0.2) is 57.7 Å².